The number of aliphatic hydroxyl groups excluding tert-OH is 2. The molecular formula is C31H34N8O5. The number of piperazine rings is 1. The van der Waals surface area contributed by atoms with E-state index in [0.29, 0.717) is 31.1 Å². The van der Waals surface area contributed by atoms with Gasteiger partial charge in [-0.15, -0.1) is 0 Å². The van der Waals surface area contributed by atoms with Crippen LogP contribution in [0.5, 0.6) is 11.5 Å². The van der Waals surface area contributed by atoms with Gasteiger partial charge in [0.15, 0.2) is 5.82 Å². The van der Waals surface area contributed by atoms with E-state index in [2.05, 4.69) is 25.3 Å². The summed E-state index contributed by atoms with van der Waals surface area (Å²) in [5.74, 6) is -1.12. The summed E-state index contributed by atoms with van der Waals surface area (Å²) in [5.41, 5.74) is 5.38. The number of amides is 1. The van der Waals surface area contributed by atoms with Gasteiger partial charge in [-0.05, 0) is 55.3 Å². The molecule has 2 aliphatic heterocycles. The number of anilines is 3. The van der Waals surface area contributed by atoms with Crippen molar-refractivity contribution in [1.82, 2.24) is 29.0 Å². The van der Waals surface area contributed by atoms with E-state index in [1.807, 2.05) is 81.0 Å². The lowest BCUT2D eigenvalue weighted by molar-refractivity contribution is -0.131. The molecule has 13 heteroatoms. The van der Waals surface area contributed by atoms with Crippen molar-refractivity contribution < 1.29 is 24.9 Å². The van der Waals surface area contributed by atoms with Gasteiger partial charge in [-0.2, -0.15) is 5.10 Å². The van der Waals surface area contributed by atoms with E-state index in [4.69, 9.17) is 14.9 Å². The highest BCUT2D eigenvalue weighted by atomic mass is 16.5. The first-order chi connectivity index (χ1) is 21.3. The Labute approximate surface area is 253 Å². The summed E-state index contributed by atoms with van der Waals surface area (Å²) in [6.07, 6.45) is 5.84. The lowest BCUT2D eigenvalue weighted by atomic mass is 10.2. The van der Waals surface area contributed by atoms with Crippen LogP contribution in [0, 0.1) is 6.92 Å². The molecule has 2 unspecified atom stereocenters. The molecule has 0 aliphatic carbocycles. The number of ether oxygens (including phenoxy) is 1. The fraction of sp³-hybridized carbons (Fsp3) is 0.290. The molecule has 0 spiro atoms. The number of aromatic nitrogens is 5. The quantitative estimate of drug-likeness (QED) is 0.153. The second-order valence-electron chi connectivity index (χ2n) is 10.6. The van der Waals surface area contributed by atoms with Crippen molar-refractivity contribution in [3.63, 3.8) is 0 Å². The van der Waals surface area contributed by atoms with E-state index in [1.165, 1.54) is 11.2 Å². The number of benzene rings is 2. The Kier molecular flexibility index (Phi) is 7.37. The summed E-state index contributed by atoms with van der Waals surface area (Å²) < 4.78 is 9.89. The Hall–Kier alpha value is -5.46. The first-order valence-corrected chi connectivity index (χ1v) is 14.4. The molecule has 3 aromatic heterocycles. The van der Waals surface area contributed by atoms with Crippen molar-refractivity contribution in [2.24, 2.45) is 7.05 Å². The number of carbonyl (C=O) groups is 1. The molecular weight excluding hydrogens is 564 g/mol. The van der Waals surface area contributed by atoms with Crippen molar-refractivity contribution in [1.29, 1.82) is 0 Å². The number of nitrogens with one attached hydrogen (secondary N) is 1. The number of nitrogens with zero attached hydrogens (tertiary/aromatic N) is 7. The van der Waals surface area contributed by atoms with Gasteiger partial charge in [-0.25, -0.2) is 14.5 Å². The Bertz CT molecular complexity index is 1890. The molecule has 1 amide bonds. The second kappa shape index (κ2) is 11.3. The third kappa shape index (κ3) is 4.95. The highest BCUT2D eigenvalue weighted by molar-refractivity contribution is 5.92. The van der Waals surface area contributed by atoms with E-state index < -0.39 is 17.6 Å². The number of aliphatic hydroxyl groups is 3. The zero-order valence-electron chi connectivity index (χ0n) is 24.8. The average Bonchev–Trinajstić information content (AvgIpc) is 3.82. The Morgan fingerprint density at radius 3 is 2.57 bits per heavy atom. The minimum atomic E-state index is -1.37. The van der Waals surface area contributed by atoms with Gasteiger partial charge >= 0.3 is 5.95 Å². The Morgan fingerprint density at radius 1 is 1.02 bits per heavy atom. The summed E-state index contributed by atoms with van der Waals surface area (Å²) in [5, 5.41) is 35.8. The molecule has 0 radical (unpaired) electrons. The van der Waals surface area contributed by atoms with Crippen molar-refractivity contribution in [3.05, 3.63) is 78.6 Å². The summed E-state index contributed by atoms with van der Waals surface area (Å²) in [4.78, 5) is 25.1. The molecule has 4 N–H and O–H groups in total. The molecule has 0 saturated carbocycles. The van der Waals surface area contributed by atoms with Crippen LogP contribution in [-0.2, 0) is 11.8 Å². The maximum Gasteiger partial charge on any atom is 0.324 e. The Morgan fingerprint density at radius 2 is 1.84 bits per heavy atom. The largest absolute Gasteiger partial charge is 0.498 e. The monoisotopic (exact) mass is 598 g/mol. The van der Waals surface area contributed by atoms with E-state index >= 15 is 0 Å². The molecule has 228 valence electrons. The first-order valence-electron chi connectivity index (χ1n) is 14.4. The molecule has 7 rings (SSSR count). The molecule has 2 aliphatic rings. The summed E-state index contributed by atoms with van der Waals surface area (Å²) in [6.45, 7) is 6.86. The van der Waals surface area contributed by atoms with Crippen LogP contribution in [0.2, 0.25) is 0 Å². The predicted molar refractivity (Wildman–Crippen MR) is 166 cm³/mol. The normalized spacial score (nSPS) is 17.1. The molecule has 5 heterocycles. The van der Waals surface area contributed by atoms with Crippen LogP contribution in [0.3, 0.4) is 0 Å². The van der Waals surface area contributed by atoms with Gasteiger partial charge in [0, 0.05) is 44.1 Å². The van der Waals surface area contributed by atoms with Gasteiger partial charge < -0.3 is 39.7 Å². The van der Waals surface area contributed by atoms with Crippen LogP contribution in [0.4, 0.5) is 17.2 Å². The number of likely N-dealkylation sites (tertiary alicyclic amines) is 1. The molecule has 2 saturated heterocycles. The molecule has 44 heavy (non-hydrogen) atoms. The van der Waals surface area contributed by atoms with Crippen LogP contribution < -0.4 is 15.0 Å². The van der Waals surface area contributed by atoms with E-state index in [0.717, 1.165) is 39.2 Å². The van der Waals surface area contributed by atoms with Gasteiger partial charge in [0.2, 0.25) is 0 Å². The second-order valence-corrected chi connectivity index (χ2v) is 10.6. The number of hydrogen-bond donors (Lipinski definition) is 4. The van der Waals surface area contributed by atoms with Gasteiger partial charge in [0.1, 0.15) is 23.3 Å². The third-order valence-corrected chi connectivity index (χ3v) is 8.02. The van der Waals surface area contributed by atoms with Gasteiger partial charge in [-0.3, -0.25) is 4.79 Å². The summed E-state index contributed by atoms with van der Waals surface area (Å²) in [6, 6.07) is 13.5. The van der Waals surface area contributed by atoms with Crippen molar-refractivity contribution in [2.45, 2.75) is 39.3 Å². The predicted octanol–water partition coefficient (Wildman–Crippen LogP) is 5.12. The third-order valence-electron chi connectivity index (χ3n) is 8.02. The SMILES string of the molecule is CC.Cc1cc(Nc2ncnn3ccc(N4CC5CC4CN5C(=O)C(O)=C(O)O)c23)ccc1Oc1ccc2c(c1)ncn2C. The Balaban J connectivity index is 0.00000168. The number of hydrogen-bond acceptors (Lipinski definition) is 10. The van der Waals surface area contributed by atoms with Crippen molar-refractivity contribution in [2.75, 3.05) is 23.3 Å². The standard InChI is InChI=1S/C29H28N8O5.C2H6/c1-16-9-17(3-6-24(16)42-20-4-5-22-21(11-20)31-15-34(22)2)33-27-25-23(7-8-37(25)32-14-30-27)35-12-19-10-18(35)13-36(19)28(39)26(38)29(40)41;1-2/h3-9,11,14-15,18-19,38,40-41H,10,12-13H2,1-2H3,(H,30,32,33);1-2H3. The maximum atomic E-state index is 12.5. The molecule has 13 nitrogen and oxygen atoms in total. The number of rotatable bonds is 6. The number of imidazole rings is 1. The topological polar surface area (TPSA) is 154 Å². The molecule has 5 aromatic rings. The maximum absolute atomic E-state index is 12.5. The van der Waals surface area contributed by atoms with Crippen LogP contribution in [0.1, 0.15) is 25.8 Å². The smallest absolute Gasteiger partial charge is 0.324 e. The lowest BCUT2D eigenvalue weighted by Gasteiger charge is -2.35. The zero-order chi connectivity index (χ0) is 31.1. The number of carbonyl (C=O) groups excluding carboxylic acids is 1. The first kappa shape index (κ1) is 28.6. The number of fused-ring (bicyclic) bond motifs is 4. The van der Waals surface area contributed by atoms with Crippen LogP contribution in [-0.4, -0.2) is 75.4 Å². The highest BCUT2D eigenvalue weighted by Gasteiger charge is 2.47. The fourth-order valence-corrected chi connectivity index (χ4v) is 5.99. The minimum Gasteiger partial charge on any atom is -0.498 e. The number of aryl methyl sites for hydroxylation is 2. The molecule has 2 fully saturated rings. The average molecular weight is 599 g/mol. The van der Waals surface area contributed by atoms with Crippen LogP contribution >= 0.6 is 0 Å². The van der Waals surface area contributed by atoms with E-state index in [1.54, 1.807) is 10.8 Å². The fourth-order valence-electron chi connectivity index (χ4n) is 5.99. The van der Waals surface area contributed by atoms with E-state index in [9.17, 15) is 9.90 Å². The van der Waals surface area contributed by atoms with Gasteiger partial charge in [-0.1, -0.05) is 13.8 Å². The zero-order valence-corrected chi connectivity index (χ0v) is 24.8. The van der Waals surface area contributed by atoms with Gasteiger partial charge in [0.05, 0.1) is 29.1 Å². The minimum absolute atomic E-state index is 0.00387. The highest BCUT2D eigenvalue weighted by Crippen LogP contribution is 2.39. The van der Waals surface area contributed by atoms with Crippen molar-refractivity contribution >= 4 is 39.6 Å². The van der Waals surface area contributed by atoms with Crippen LogP contribution in [0.25, 0.3) is 16.6 Å². The van der Waals surface area contributed by atoms with E-state index in [-0.39, 0.29) is 12.1 Å². The lowest BCUT2D eigenvalue weighted by Crippen LogP contribution is -2.49. The van der Waals surface area contributed by atoms with Crippen molar-refractivity contribution in [3.8, 4) is 11.5 Å². The molecule has 2 bridgehead atoms. The molecule has 2 atom stereocenters. The summed E-state index contributed by atoms with van der Waals surface area (Å²) >= 11 is 0. The summed E-state index contributed by atoms with van der Waals surface area (Å²) in [7, 11) is 1.96. The molecule has 2 aromatic carbocycles. The van der Waals surface area contributed by atoms with Crippen LogP contribution in [0.15, 0.2) is 73.0 Å². The van der Waals surface area contributed by atoms with Gasteiger partial charge in [0.25, 0.3) is 11.7 Å².